The van der Waals surface area contributed by atoms with Gasteiger partial charge in [0.05, 0.1) is 47.4 Å². The monoisotopic (exact) mass is 699 g/mol. The molecule has 0 saturated heterocycles. The number of methoxy groups -OCH3 is 2. The van der Waals surface area contributed by atoms with Crippen molar-refractivity contribution in [2.24, 2.45) is 0 Å². The number of thioether (sulfide) groups is 1. The van der Waals surface area contributed by atoms with E-state index in [-0.39, 0.29) is 17.3 Å². The molecule has 0 aliphatic heterocycles. The molecule has 0 radical (unpaired) electrons. The fraction of sp³-hybridized carbons (Fsp3) is 0.226. The number of hydrogen-bond donors (Lipinski definition) is 1. The van der Waals surface area contributed by atoms with Crippen LogP contribution in [-0.4, -0.2) is 54.3 Å². The molecule has 2 heterocycles. The summed E-state index contributed by atoms with van der Waals surface area (Å²) in [4.78, 5) is 4.86. The lowest BCUT2D eigenvalue weighted by Crippen LogP contribution is -2.26. The fourth-order valence-electron chi connectivity index (χ4n) is 4.71. The molecule has 13 heteroatoms. The summed E-state index contributed by atoms with van der Waals surface area (Å²) in [5.41, 5.74) is 2.77. The van der Waals surface area contributed by atoms with E-state index in [4.69, 9.17) is 14.5 Å². The van der Waals surface area contributed by atoms with Gasteiger partial charge in [0.25, 0.3) is 0 Å². The van der Waals surface area contributed by atoms with E-state index < -0.39 is 15.4 Å². The Hall–Kier alpha value is -3.65. The number of benzene rings is 3. The number of halogens is 2. The van der Waals surface area contributed by atoms with Gasteiger partial charge in [0, 0.05) is 29.6 Å². The number of rotatable bonds is 12. The molecule has 5 rings (SSSR count). The summed E-state index contributed by atoms with van der Waals surface area (Å²) < 4.78 is 57.9. The molecule has 0 bridgehead atoms. The smallest absolute Gasteiger partial charge is 0.240 e. The zero-order valence-electron chi connectivity index (χ0n) is 24.5. The summed E-state index contributed by atoms with van der Waals surface area (Å²) in [6.45, 7) is 4.32. The Kier molecular flexibility index (Phi) is 9.49. The van der Waals surface area contributed by atoms with Crippen LogP contribution < -0.4 is 14.2 Å². The summed E-state index contributed by atoms with van der Waals surface area (Å²) in [6.07, 6.45) is 5.24. The summed E-state index contributed by atoms with van der Waals surface area (Å²) in [7, 11) is -0.551. The maximum Gasteiger partial charge on any atom is 0.240 e. The Bertz CT molecular complexity index is 1860. The van der Waals surface area contributed by atoms with E-state index in [0.29, 0.717) is 22.4 Å². The maximum atomic E-state index is 13.9. The molecule has 0 atom stereocenters. The molecule has 230 valence electrons. The normalized spacial score (nSPS) is 12.0. The van der Waals surface area contributed by atoms with Gasteiger partial charge in [0.2, 0.25) is 10.0 Å². The van der Waals surface area contributed by atoms with Gasteiger partial charge in [0.1, 0.15) is 5.82 Å². The number of nitrogens with one attached hydrogen (secondary N) is 1. The first kappa shape index (κ1) is 31.8. The van der Waals surface area contributed by atoms with E-state index in [9.17, 15) is 12.8 Å². The average Bonchev–Trinajstić information content (AvgIpc) is 3.66. The van der Waals surface area contributed by atoms with Crippen molar-refractivity contribution in [1.82, 2.24) is 24.1 Å². The third kappa shape index (κ3) is 6.70. The molecule has 0 spiro atoms. The molecule has 44 heavy (non-hydrogen) atoms. The van der Waals surface area contributed by atoms with Gasteiger partial charge in [-0.1, -0.05) is 31.7 Å². The molecule has 0 saturated carbocycles. The number of hydrogen-bond acceptors (Lipinski definition) is 7. The minimum absolute atomic E-state index is 0.157. The lowest BCUT2D eigenvalue weighted by atomic mass is 9.81. The van der Waals surface area contributed by atoms with Crippen LogP contribution in [0, 0.1) is 5.82 Å². The van der Waals surface area contributed by atoms with Gasteiger partial charge in [-0.15, -0.1) is 0 Å². The second kappa shape index (κ2) is 13.1. The number of imidazole rings is 1. The van der Waals surface area contributed by atoms with E-state index in [1.165, 1.54) is 23.9 Å². The zero-order chi connectivity index (χ0) is 31.5. The van der Waals surface area contributed by atoms with Crippen LogP contribution in [0.2, 0.25) is 0 Å². The van der Waals surface area contributed by atoms with Crippen LogP contribution in [0.15, 0.2) is 99.8 Å². The largest absolute Gasteiger partial charge is 0.493 e. The van der Waals surface area contributed by atoms with Crippen molar-refractivity contribution in [1.29, 1.82) is 0 Å². The molecule has 3 aromatic carbocycles. The van der Waals surface area contributed by atoms with Crippen LogP contribution in [0.3, 0.4) is 0 Å². The molecule has 2 aromatic heterocycles. The Morgan fingerprint density at radius 2 is 1.64 bits per heavy atom. The first-order valence-electron chi connectivity index (χ1n) is 13.5. The van der Waals surface area contributed by atoms with Gasteiger partial charge in [-0.25, -0.2) is 27.2 Å². The topological polar surface area (TPSA) is 100 Å². The van der Waals surface area contributed by atoms with Crippen LogP contribution in [0.1, 0.15) is 25.1 Å². The van der Waals surface area contributed by atoms with Crippen molar-refractivity contribution >= 4 is 37.7 Å². The van der Waals surface area contributed by atoms with Crippen LogP contribution in [0.5, 0.6) is 11.5 Å². The summed E-state index contributed by atoms with van der Waals surface area (Å²) in [5.74, 6) is 1.30. The lowest BCUT2D eigenvalue weighted by Gasteiger charge is -2.28. The Labute approximate surface area is 268 Å². The third-order valence-electron chi connectivity index (χ3n) is 7.15. The Morgan fingerprint density at radius 1 is 0.955 bits per heavy atom. The highest BCUT2D eigenvalue weighted by Gasteiger charge is 2.30. The van der Waals surface area contributed by atoms with E-state index >= 15 is 0 Å². The molecule has 1 N–H and O–H groups in total. The lowest BCUT2D eigenvalue weighted by molar-refractivity contribution is 0.353. The van der Waals surface area contributed by atoms with Gasteiger partial charge in [-0.2, -0.15) is 5.10 Å². The van der Waals surface area contributed by atoms with Gasteiger partial charge in [-0.05, 0) is 82.2 Å². The Balaban J connectivity index is 1.35. The van der Waals surface area contributed by atoms with E-state index in [1.54, 1.807) is 73.9 Å². The first-order chi connectivity index (χ1) is 21.0. The van der Waals surface area contributed by atoms with Gasteiger partial charge >= 0.3 is 0 Å². The molecule has 0 amide bonds. The predicted molar refractivity (Wildman–Crippen MR) is 172 cm³/mol. The molecule has 9 nitrogen and oxygen atoms in total. The minimum Gasteiger partial charge on any atom is -0.493 e. The van der Waals surface area contributed by atoms with E-state index in [1.807, 2.05) is 22.8 Å². The van der Waals surface area contributed by atoms with Crippen molar-refractivity contribution < 1.29 is 22.3 Å². The molecular weight excluding hydrogens is 669 g/mol. The second-order valence-electron chi connectivity index (χ2n) is 10.3. The molecule has 0 aliphatic rings. The van der Waals surface area contributed by atoms with E-state index in [0.717, 1.165) is 27.1 Å². The number of nitrogens with zero attached hydrogens (tertiary/aromatic N) is 4. The quantitative estimate of drug-likeness (QED) is 0.119. The van der Waals surface area contributed by atoms with Crippen molar-refractivity contribution in [3.05, 3.63) is 107 Å². The first-order valence-corrected chi connectivity index (χ1v) is 16.8. The van der Waals surface area contributed by atoms with Crippen molar-refractivity contribution in [3.8, 4) is 22.9 Å². The minimum atomic E-state index is -3.74. The maximum absolute atomic E-state index is 13.9. The molecular formula is C31H31BrFN5O4S2. The Morgan fingerprint density at radius 3 is 2.27 bits per heavy atom. The molecule has 0 fully saturated rings. The van der Waals surface area contributed by atoms with Gasteiger partial charge < -0.3 is 9.47 Å². The zero-order valence-corrected chi connectivity index (χ0v) is 27.7. The van der Waals surface area contributed by atoms with Crippen molar-refractivity contribution in [2.75, 3.05) is 26.5 Å². The molecule has 0 aliphatic carbocycles. The van der Waals surface area contributed by atoms with Crippen LogP contribution >= 0.6 is 27.7 Å². The average molecular weight is 701 g/mol. The third-order valence-corrected chi connectivity index (χ3v) is 9.99. The van der Waals surface area contributed by atoms with Crippen LogP contribution in [0.4, 0.5) is 4.39 Å². The second-order valence-corrected chi connectivity index (χ2v) is 14.0. The number of aromatic nitrogens is 4. The van der Waals surface area contributed by atoms with Crippen molar-refractivity contribution in [3.63, 3.8) is 0 Å². The highest BCUT2D eigenvalue weighted by atomic mass is 79.9. The van der Waals surface area contributed by atoms with Crippen LogP contribution in [0.25, 0.3) is 11.4 Å². The standard InChI is InChI=1S/C31H31BrFN5O4S2/c1-31(2,21-5-14-27(41-3)28(17-21)42-4)29-19-34-30(38(29)25-8-6-23(33)7-9-25)43-16-15-36-44(39,40)26-12-10-24(11-13-26)37-20-22(32)18-35-37/h5-14,17-20,36H,15-16H2,1-4H3. The molecule has 5 aromatic rings. The predicted octanol–water partition coefficient (Wildman–Crippen LogP) is 6.37. The fourth-order valence-corrected chi connectivity index (χ4v) is 7.01. The number of ether oxygens (including phenoxy) is 2. The SMILES string of the molecule is COc1ccc(C(C)(C)c2cnc(SCCNS(=O)(=O)c3ccc(-n4cc(Br)cn4)cc3)n2-c2ccc(F)cc2)cc1OC. The highest BCUT2D eigenvalue weighted by Crippen LogP contribution is 2.39. The summed E-state index contributed by atoms with van der Waals surface area (Å²) in [5, 5.41) is 4.86. The van der Waals surface area contributed by atoms with E-state index in [2.05, 4.69) is 39.6 Å². The van der Waals surface area contributed by atoms with Gasteiger partial charge in [-0.3, -0.25) is 4.57 Å². The number of sulfonamides is 1. The summed E-state index contributed by atoms with van der Waals surface area (Å²) in [6, 6.07) is 18.5. The highest BCUT2D eigenvalue weighted by molar-refractivity contribution is 9.10. The summed E-state index contributed by atoms with van der Waals surface area (Å²) >= 11 is 4.76. The molecule has 0 unspecified atom stereocenters. The van der Waals surface area contributed by atoms with Crippen LogP contribution in [-0.2, 0) is 15.4 Å². The van der Waals surface area contributed by atoms with Gasteiger partial charge in [0.15, 0.2) is 16.7 Å². The van der Waals surface area contributed by atoms with Crippen molar-refractivity contribution in [2.45, 2.75) is 29.3 Å².